The summed E-state index contributed by atoms with van der Waals surface area (Å²) in [4.78, 5) is 21.4. The van der Waals surface area contributed by atoms with Gasteiger partial charge in [0.05, 0.1) is 13.4 Å². The topological polar surface area (TPSA) is 59.8 Å². The molecule has 0 aliphatic carbocycles. The van der Waals surface area contributed by atoms with Gasteiger partial charge in [-0.15, -0.1) is 0 Å². The van der Waals surface area contributed by atoms with Crippen LogP contribution in [0.4, 0.5) is 0 Å². The van der Waals surface area contributed by atoms with Gasteiger partial charge in [-0.3, -0.25) is 9.69 Å². The van der Waals surface area contributed by atoms with Gasteiger partial charge in [-0.1, -0.05) is 12.1 Å². The monoisotopic (exact) mass is 408 g/mol. The third-order valence-corrected chi connectivity index (χ3v) is 6.50. The Morgan fingerprint density at radius 1 is 1.27 bits per heavy atom. The lowest BCUT2D eigenvalue weighted by Gasteiger charge is -2.27. The smallest absolute Gasteiger partial charge is 0.224 e. The molecule has 2 aromatic rings. The Bertz CT molecular complexity index is 940. The molecule has 0 N–H and O–H groups in total. The predicted molar refractivity (Wildman–Crippen MR) is 113 cm³/mol. The second kappa shape index (κ2) is 8.14. The predicted octanol–water partition coefficient (Wildman–Crippen LogP) is 2.43. The summed E-state index contributed by atoms with van der Waals surface area (Å²) in [6.45, 7) is 4.18. The molecule has 2 atom stereocenters. The van der Waals surface area contributed by atoms with E-state index in [1.165, 1.54) is 5.57 Å². The van der Waals surface area contributed by atoms with Crippen molar-refractivity contribution < 1.29 is 14.3 Å². The first-order valence-corrected chi connectivity index (χ1v) is 10.7. The maximum atomic E-state index is 12.7. The Morgan fingerprint density at radius 3 is 3.03 bits per heavy atom. The molecule has 1 aromatic heterocycles. The molecule has 3 aliphatic heterocycles. The van der Waals surface area contributed by atoms with Gasteiger partial charge >= 0.3 is 0 Å². The highest BCUT2D eigenvalue weighted by Crippen LogP contribution is 2.37. The van der Waals surface area contributed by atoms with Crippen molar-refractivity contribution in [3.63, 3.8) is 0 Å². The largest absolute Gasteiger partial charge is 0.493 e. The summed E-state index contributed by atoms with van der Waals surface area (Å²) >= 11 is 0. The number of rotatable bonds is 7. The van der Waals surface area contributed by atoms with Crippen LogP contribution in [-0.4, -0.2) is 70.7 Å². The van der Waals surface area contributed by atoms with E-state index in [0.29, 0.717) is 31.0 Å². The zero-order chi connectivity index (χ0) is 20.5. The van der Waals surface area contributed by atoms with Crippen molar-refractivity contribution >= 4 is 12.0 Å². The number of fused-ring (bicyclic) bond motifs is 2. The van der Waals surface area contributed by atoms with E-state index < -0.39 is 0 Å². The van der Waals surface area contributed by atoms with Crippen LogP contribution >= 0.6 is 0 Å². The Hall–Kier alpha value is -2.80. The SMILES string of the molecule is COc1cccc2c1OCC(CN1CC[C@H]3[C@@H]1CC(=O)N3CCCn1ccnc1)=C2. The van der Waals surface area contributed by atoms with Gasteiger partial charge in [0, 0.05) is 62.6 Å². The number of nitrogens with zero attached hydrogens (tertiary/aromatic N) is 4. The number of imidazole rings is 1. The number of ether oxygens (including phenoxy) is 2. The molecule has 3 aliphatic rings. The first-order valence-electron chi connectivity index (χ1n) is 10.7. The minimum absolute atomic E-state index is 0.296. The van der Waals surface area contributed by atoms with Gasteiger partial charge in [0.15, 0.2) is 11.5 Å². The molecule has 7 nitrogen and oxygen atoms in total. The van der Waals surface area contributed by atoms with E-state index in [-0.39, 0.29) is 0 Å². The Morgan fingerprint density at radius 2 is 2.20 bits per heavy atom. The van der Waals surface area contributed by atoms with E-state index in [1.54, 1.807) is 13.3 Å². The van der Waals surface area contributed by atoms with Crippen molar-refractivity contribution in [2.45, 2.75) is 37.9 Å². The number of hydrogen-bond donors (Lipinski definition) is 0. The second-order valence-electron chi connectivity index (χ2n) is 8.31. The average Bonchev–Trinajstić information content (AvgIpc) is 3.47. The van der Waals surface area contributed by atoms with Crippen molar-refractivity contribution in [2.75, 3.05) is 33.4 Å². The van der Waals surface area contributed by atoms with Crippen LogP contribution in [0.2, 0.25) is 0 Å². The van der Waals surface area contributed by atoms with E-state index >= 15 is 0 Å². The Balaban J connectivity index is 1.21. The lowest BCUT2D eigenvalue weighted by Crippen LogP contribution is -2.39. The van der Waals surface area contributed by atoms with Gasteiger partial charge in [-0.05, 0) is 30.6 Å². The molecule has 0 spiro atoms. The van der Waals surface area contributed by atoms with Gasteiger partial charge in [0.1, 0.15) is 6.61 Å². The Labute approximate surface area is 176 Å². The number of carbonyl (C=O) groups is 1. The fraction of sp³-hybridized carbons (Fsp3) is 0.478. The van der Waals surface area contributed by atoms with Gasteiger partial charge in [0.25, 0.3) is 0 Å². The summed E-state index contributed by atoms with van der Waals surface area (Å²) in [5.74, 6) is 1.89. The normalized spacial score (nSPS) is 23.2. The number of amides is 1. The van der Waals surface area contributed by atoms with E-state index in [9.17, 15) is 4.79 Å². The summed E-state index contributed by atoms with van der Waals surface area (Å²) in [6, 6.07) is 6.64. The number of likely N-dealkylation sites (tertiary alicyclic amines) is 2. The Kier molecular flexibility index (Phi) is 5.21. The molecular weight excluding hydrogens is 380 g/mol. The molecule has 2 fully saturated rings. The summed E-state index contributed by atoms with van der Waals surface area (Å²) in [5.41, 5.74) is 2.32. The number of aryl methyl sites for hydroxylation is 1. The molecule has 1 amide bonds. The van der Waals surface area contributed by atoms with Crippen LogP contribution in [-0.2, 0) is 11.3 Å². The van der Waals surface area contributed by atoms with E-state index in [0.717, 1.165) is 56.1 Å². The molecule has 0 bridgehead atoms. The summed E-state index contributed by atoms with van der Waals surface area (Å²) in [6.07, 6.45) is 10.5. The average molecular weight is 409 g/mol. The maximum Gasteiger partial charge on any atom is 0.224 e. The molecule has 4 heterocycles. The number of para-hydroxylation sites is 1. The molecule has 5 rings (SSSR count). The van der Waals surface area contributed by atoms with Gasteiger partial charge in [0.2, 0.25) is 5.91 Å². The highest BCUT2D eigenvalue weighted by atomic mass is 16.5. The minimum atomic E-state index is 0.296. The summed E-state index contributed by atoms with van der Waals surface area (Å²) in [7, 11) is 1.67. The maximum absolute atomic E-state index is 12.7. The molecule has 7 heteroatoms. The second-order valence-corrected chi connectivity index (χ2v) is 8.31. The highest BCUT2D eigenvalue weighted by molar-refractivity contribution is 5.80. The molecule has 0 unspecified atom stereocenters. The third kappa shape index (κ3) is 3.58. The van der Waals surface area contributed by atoms with Crippen LogP contribution in [0.25, 0.3) is 6.08 Å². The highest BCUT2D eigenvalue weighted by Gasteiger charge is 2.46. The quantitative estimate of drug-likeness (QED) is 0.704. The first-order chi connectivity index (χ1) is 14.7. The van der Waals surface area contributed by atoms with Crippen molar-refractivity contribution in [2.24, 2.45) is 0 Å². The summed E-state index contributed by atoms with van der Waals surface area (Å²) in [5, 5.41) is 0. The van der Waals surface area contributed by atoms with Gasteiger partial charge in [-0.25, -0.2) is 4.98 Å². The lowest BCUT2D eigenvalue weighted by atomic mass is 10.1. The molecule has 2 saturated heterocycles. The van der Waals surface area contributed by atoms with Crippen LogP contribution in [0.3, 0.4) is 0 Å². The van der Waals surface area contributed by atoms with Crippen LogP contribution in [0.15, 0.2) is 42.5 Å². The molecule has 1 aromatic carbocycles. The molecule has 0 saturated carbocycles. The van der Waals surface area contributed by atoms with Crippen LogP contribution in [0.5, 0.6) is 11.5 Å². The van der Waals surface area contributed by atoms with Crippen molar-refractivity contribution in [3.8, 4) is 11.5 Å². The lowest BCUT2D eigenvalue weighted by molar-refractivity contribution is -0.129. The fourth-order valence-corrected chi connectivity index (χ4v) is 5.08. The number of aromatic nitrogens is 2. The van der Waals surface area contributed by atoms with E-state index in [2.05, 4.69) is 31.5 Å². The van der Waals surface area contributed by atoms with Crippen LogP contribution < -0.4 is 9.47 Å². The van der Waals surface area contributed by atoms with Crippen LogP contribution in [0, 0.1) is 0 Å². The number of hydrogen-bond acceptors (Lipinski definition) is 5. The molecule has 0 radical (unpaired) electrons. The zero-order valence-corrected chi connectivity index (χ0v) is 17.4. The van der Waals surface area contributed by atoms with E-state index in [1.807, 2.05) is 24.7 Å². The van der Waals surface area contributed by atoms with Crippen molar-refractivity contribution in [1.29, 1.82) is 0 Å². The number of methoxy groups -OCH3 is 1. The number of carbonyl (C=O) groups excluding carboxylic acids is 1. The molecule has 30 heavy (non-hydrogen) atoms. The minimum Gasteiger partial charge on any atom is -0.493 e. The molecular formula is C23H28N4O3. The third-order valence-electron chi connectivity index (χ3n) is 6.50. The van der Waals surface area contributed by atoms with Gasteiger partial charge in [-0.2, -0.15) is 0 Å². The van der Waals surface area contributed by atoms with E-state index in [4.69, 9.17) is 9.47 Å². The summed E-state index contributed by atoms with van der Waals surface area (Å²) < 4.78 is 13.5. The standard InChI is InChI=1S/C23H28N4O3/c1-29-21-5-2-4-18-12-17(15-30-23(18)21)14-26-10-6-19-20(26)13-22(28)27(19)9-3-8-25-11-7-24-16-25/h2,4-5,7,11-12,16,19-20H,3,6,8-10,13-15H2,1H3/t19-,20-/m0/s1. The fourth-order valence-electron chi connectivity index (χ4n) is 5.08. The van der Waals surface area contributed by atoms with Crippen molar-refractivity contribution in [3.05, 3.63) is 48.1 Å². The van der Waals surface area contributed by atoms with Gasteiger partial charge < -0.3 is 18.9 Å². The van der Waals surface area contributed by atoms with Crippen molar-refractivity contribution in [1.82, 2.24) is 19.4 Å². The first kappa shape index (κ1) is 19.2. The zero-order valence-electron chi connectivity index (χ0n) is 17.4. The van der Waals surface area contributed by atoms with Crippen LogP contribution in [0.1, 0.15) is 24.8 Å². The number of benzene rings is 1. The molecule has 158 valence electrons.